The fourth-order valence-electron chi connectivity index (χ4n) is 3.32. The van der Waals surface area contributed by atoms with Gasteiger partial charge in [0.25, 0.3) is 5.56 Å². The van der Waals surface area contributed by atoms with Gasteiger partial charge in [-0.1, -0.05) is 29.8 Å². The second kappa shape index (κ2) is 6.49. The maximum absolute atomic E-state index is 12.5. The molecule has 0 atom stereocenters. The molecule has 5 heteroatoms. The number of thiophene rings is 1. The molecule has 2 N–H and O–H groups in total. The number of H-pyrrole nitrogens is 1. The Bertz CT molecular complexity index is 924. The summed E-state index contributed by atoms with van der Waals surface area (Å²) in [5.41, 5.74) is 3.76. The number of rotatable bonds is 4. The zero-order valence-corrected chi connectivity index (χ0v) is 14.6. The van der Waals surface area contributed by atoms with Gasteiger partial charge in [0.1, 0.15) is 10.7 Å². The van der Waals surface area contributed by atoms with Gasteiger partial charge in [0.2, 0.25) is 0 Å². The topological polar surface area (TPSA) is 57.8 Å². The minimum Gasteiger partial charge on any atom is -0.309 e. The molecule has 0 saturated carbocycles. The lowest BCUT2D eigenvalue weighted by Crippen LogP contribution is -2.19. The average molecular weight is 339 g/mol. The molecular weight excluding hydrogens is 318 g/mol. The normalized spacial score (nSPS) is 14.0. The van der Waals surface area contributed by atoms with Gasteiger partial charge in [-0.25, -0.2) is 4.98 Å². The van der Waals surface area contributed by atoms with Gasteiger partial charge in [-0.05, 0) is 43.7 Å². The largest absolute Gasteiger partial charge is 0.309 e. The van der Waals surface area contributed by atoms with Crippen LogP contribution < -0.4 is 10.9 Å². The Kier molecular flexibility index (Phi) is 4.21. The second-order valence-electron chi connectivity index (χ2n) is 6.49. The van der Waals surface area contributed by atoms with Crippen molar-refractivity contribution in [3.63, 3.8) is 0 Å². The number of benzene rings is 1. The molecule has 3 aromatic rings. The molecule has 2 aromatic heterocycles. The van der Waals surface area contributed by atoms with E-state index in [1.807, 2.05) is 0 Å². The summed E-state index contributed by atoms with van der Waals surface area (Å²) in [4.78, 5) is 22.4. The first-order chi connectivity index (χ1) is 11.7. The van der Waals surface area contributed by atoms with Gasteiger partial charge in [0.05, 0.1) is 11.9 Å². The monoisotopic (exact) mass is 339 g/mol. The van der Waals surface area contributed by atoms with Crippen LogP contribution in [0.25, 0.3) is 10.2 Å². The van der Waals surface area contributed by atoms with E-state index < -0.39 is 0 Å². The molecular formula is C19H21N3OS. The van der Waals surface area contributed by atoms with Crippen LogP contribution in [0.3, 0.4) is 0 Å². The van der Waals surface area contributed by atoms with Crippen LogP contribution in [0.4, 0.5) is 0 Å². The third-order valence-electron chi connectivity index (χ3n) is 4.62. The Morgan fingerprint density at radius 2 is 1.96 bits per heavy atom. The maximum Gasteiger partial charge on any atom is 0.259 e. The van der Waals surface area contributed by atoms with Crippen LogP contribution in [0.15, 0.2) is 29.1 Å². The van der Waals surface area contributed by atoms with Gasteiger partial charge in [0.15, 0.2) is 0 Å². The van der Waals surface area contributed by atoms with Crippen molar-refractivity contribution >= 4 is 21.6 Å². The first kappa shape index (κ1) is 15.5. The predicted octanol–water partition coefficient (Wildman–Crippen LogP) is 3.46. The van der Waals surface area contributed by atoms with Gasteiger partial charge in [-0.15, -0.1) is 11.3 Å². The van der Waals surface area contributed by atoms with E-state index in [-0.39, 0.29) is 5.56 Å². The molecule has 4 rings (SSSR count). The molecule has 0 bridgehead atoms. The Morgan fingerprint density at radius 3 is 2.79 bits per heavy atom. The molecule has 0 radical (unpaired) electrons. The van der Waals surface area contributed by atoms with Gasteiger partial charge in [-0.2, -0.15) is 0 Å². The van der Waals surface area contributed by atoms with E-state index in [1.54, 1.807) is 11.3 Å². The highest BCUT2D eigenvalue weighted by molar-refractivity contribution is 7.18. The molecule has 124 valence electrons. The third kappa shape index (κ3) is 3.01. The molecule has 0 fully saturated rings. The van der Waals surface area contributed by atoms with Gasteiger partial charge in [-0.3, -0.25) is 4.79 Å². The lowest BCUT2D eigenvalue weighted by molar-refractivity contribution is 0.663. The van der Waals surface area contributed by atoms with Crippen molar-refractivity contribution < 1.29 is 0 Å². The number of nitrogens with one attached hydrogen (secondary N) is 2. The lowest BCUT2D eigenvalue weighted by atomic mass is 9.97. The highest BCUT2D eigenvalue weighted by atomic mass is 32.1. The van der Waals surface area contributed by atoms with Crippen molar-refractivity contribution in [2.24, 2.45) is 0 Å². The number of aromatic nitrogens is 2. The molecule has 0 saturated heterocycles. The average Bonchev–Trinajstić information content (AvgIpc) is 2.95. The number of aromatic amines is 1. The lowest BCUT2D eigenvalue weighted by Gasteiger charge is -2.09. The second-order valence-corrected chi connectivity index (χ2v) is 7.58. The number of hydrogen-bond acceptors (Lipinski definition) is 4. The maximum atomic E-state index is 12.5. The van der Waals surface area contributed by atoms with Crippen LogP contribution in [-0.4, -0.2) is 9.97 Å². The summed E-state index contributed by atoms with van der Waals surface area (Å²) in [6.45, 7) is 3.42. The molecule has 4 nitrogen and oxygen atoms in total. The van der Waals surface area contributed by atoms with Crippen LogP contribution in [0.5, 0.6) is 0 Å². The minimum atomic E-state index is 0.0199. The van der Waals surface area contributed by atoms with Crippen molar-refractivity contribution in [1.82, 2.24) is 15.3 Å². The number of aryl methyl sites for hydroxylation is 3. The SMILES string of the molecule is Cc1ccc(CNCc2nc3sc4c(c3c(=O)[nH]2)CCCC4)cc1. The molecule has 24 heavy (non-hydrogen) atoms. The molecule has 0 amide bonds. The molecule has 0 aliphatic heterocycles. The molecule has 0 unspecified atom stereocenters. The summed E-state index contributed by atoms with van der Waals surface area (Å²) in [6, 6.07) is 8.46. The number of fused-ring (bicyclic) bond motifs is 3. The van der Waals surface area contributed by atoms with E-state index >= 15 is 0 Å². The molecule has 1 aromatic carbocycles. The van der Waals surface area contributed by atoms with Gasteiger partial charge >= 0.3 is 0 Å². The van der Waals surface area contributed by atoms with Gasteiger partial charge < -0.3 is 10.3 Å². The number of hydrogen-bond donors (Lipinski definition) is 2. The Morgan fingerprint density at radius 1 is 1.17 bits per heavy atom. The zero-order valence-electron chi connectivity index (χ0n) is 13.8. The standard InChI is InChI=1S/C19H21N3OS/c1-12-6-8-13(9-7-12)10-20-11-16-21-18(23)17-14-4-2-3-5-15(14)24-19(17)22-16/h6-9,20H,2-5,10-11H2,1H3,(H,21,22,23). The Hall–Kier alpha value is -1.98. The van der Waals surface area contributed by atoms with Crippen molar-refractivity contribution in [2.45, 2.75) is 45.7 Å². The Balaban J connectivity index is 1.52. The van der Waals surface area contributed by atoms with Crippen molar-refractivity contribution in [2.75, 3.05) is 0 Å². The van der Waals surface area contributed by atoms with E-state index in [9.17, 15) is 4.79 Å². The van der Waals surface area contributed by atoms with E-state index in [1.165, 1.54) is 34.4 Å². The van der Waals surface area contributed by atoms with Crippen LogP contribution in [0.2, 0.25) is 0 Å². The van der Waals surface area contributed by atoms with E-state index in [0.717, 1.165) is 35.4 Å². The molecule has 2 heterocycles. The van der Waals surface area contributed by atoms with Crippen LogP contribution in [-0.2, 0) is 25.9 Å². The van der Waals surface area contributed by atoms with Crippen LogP contribution in [0.1, 0.15) is 40.2 Å². The summed E-state index contributed by atoms with van der Waals surface area (Å²) >= 11 is 1.70. The molecule has 0 spiro atoms. The van der Waals surface area contributed by atoms with Gasteiger partial charge in [0, 0.05) is 11.4 Å². The van der Waals surface area contributed by atoms with E-state index in [2.05, 4.69) is 46.5 Å². The van der Waals surface area contributed by atoms with Crippen molar-refractivity contribution in [1.29, 1.82) is 0 Å². The van der Waals surface area contributed by atoms with Crippen molar-refractivity contribution in [3.05, 3.63) is 62.0 Å². The summed E-state index contributed by atoms with van der Waals surface area (Å²) < 4.78 is 0. The quantitative estimate of drug-likeness (QED) is 0.765. The highest BCUT2D eigenvalue weighted by Crippen LogP contribution is 2.33. The molecule has 1 aliphatic rings. The van der Waals surface area contributed by atoms with E-state index in [4.69, 9.17) is 0 Å². The van der Waals surface area contributed by atoms with Crippen LogP contribution in [0, 0.1) is 6.92 Å². The number of nitrogens with zero attached hydrogens (tertiary/aromatic N) is 1. The third-order valence-corrected chi connectivity index (χ3v) is 5.80. The predicted molar refractivity (Wildman–Crippen MR) is 98.6 cm³/mol. The summed E-state index contributed by atoms with van der Waals surface area (Å²) in [7, 11) is 0. The summed E-state index contributed by atoms with van der Waals surface area (Å²) in [6.07, 6.45) is 4.52. The fourth-order valence-corrected chi connectivity index (χ4v) is 4.60. The zero-order chi connectivity index (χ0) is 16.5. The van der Waals surface area contributed by atoms with Crippen LogP contribution >= 0.6 is 11.3 Å². The fraction of sp³-hybridized carbons (Fsp3) is 0.368. The Labute approximate surface area is 145 Å². The minimum absolute atomic E-state index is 0.0199. The van der Waals surface area contributed by atoms with E-state index in [0.29, 0.717) is 6.54 Å². The van der Waals surface area contributed by atoms with Crippen molar-refractivity contribution in [3.8, 4) is 0 Å². The summed E-state index contributed by atoms with van der Waals surface area (Å²) in [5, 5.41) is 4.19. The first-order valence-corrected chi connectivity index (χ1v) is 9.32. The highest BCUT2D eigenvalue weighted by Gasteiger charge is 2.19. The molecule has 1 aliphatic carbocycles. The smallest absolute Gasteiger partial charge is 0.259 e. The first-order valence-electron chi connectivity index (χ1n) is 8.50. The summed E-state index contributed by atoms with van der Waals surface area (Å²) in [5.74, 6) is 0.721.